The van der Waals surface area contributed by atoms with Gasteiger partial charge in [-0.05, 0) is 30.9 Å². The highest BCUT2D eigenvalue weighted by molar-refractivity contribution is 6.29. The molecule has 0 bridgehead atoms. The molecule has 1 aliphatic carbocycles. The summed E-state index contributed by atoms with van der Waals surface area (Å²) in [5.41, 5.74) is 2.72. The summed E-state index contributed by atoms with van der Waals surface area (Å²) in [6.45, 7) is 3.71. The Morgan fingerprint density at radius 1 is 1.42 bits per heavy atom. The van der Waals surface area contributed by atoms with E-state index in [2.05, 4.69) is 22.7 Å². The minimum atomic E-state index is -0.0867. The number of terminal acetylenes is 1. The summed E-state index contributed by atoms with van der Waals surface area (Å²) in [5, 5.41) is 0.411. The van der Waals surface area contributed by atoms with Gasteiger partial charge < -0.3 is 9.64 Å². The van der Waals surface area contributed by atoms with Crippen LogP contribution in [0.4, 0.5) is 0 Å². The lowest BCUT2D eigenvalue weighted by Gasteiger charge is -2.43. The van der Waals surface area contributed by atoms with Crippen molar-refractivity contribution in [2.75, 3.05) is 20.2 Å². The Morgan fingerprint density at radius 3 is 2.71 bits per heavy atom. The van der Waals surface area contributed by atoms with Crippen LogP contribution < -0.4 is 0 Å². The van der Waals surface area contributed by atoms with Crippen molar-refractivity contribution in [3.05, 3.63) is 34.1 Å². The Labute approximate surface area is 147 Å². The Balaban J connectivity index is 2.00. The molecule has 5 heteroatoms. The molecule has 126 valence electrons. The SMILES string of the molecule is C#CC1=C(N2CCC(CC)(OC)CC2)c2nc(Cl)ccc2CC1=O. The maximum atomic E-state index is 12.5. The fourth-order valence-electron chi connectivity index (χ4n) is 3.62. The summed E-state index contributed by atoms with van der Waals surface area (Å²) in [4.78, 5) is 19.1. The molecule has 2 heterocycles. The number of methoxy groups -OCH3 is 1. The number of ether oxygens (including phenoxy) is 1. The number of carbonyl (C=O) groups is 1. The maximum Gasteiger partial charge on any atom is 0.177 e. The van der Waals surface area contributed by atoms with Gasteiger partial charge in [0.25, 0.3) is 0 Å². The van der Waals surface area contributed by atoms with Gasteiger partial charge >= 0.3 is 0 Å². The number of halogens is 1. The second kappa shape index (κ2) is 6.58. The monoisotopic (exact) mass is 344 g/mol. The molecular formula is C19H21ClN2O2. The molecule has 4 nitrogen and oxygen atoms in total. The number of hydrogen-bond acceptors (Lipinski definition) is 4. The normalized spacial score (nSPS) is 19.9. The quantitative estimate of drug-likeness (QED) is 0.624. The van der Waals surface area contributed by atoms with Crippen LogP contribution in [0.25, 0.3) is 5.70 Å². The molecule has 0 amide bonds. The molecule has 1 aliphatic heterocycles. The molecule has 1 aromatic heterocycles. The number of nitrogens with zero attached hydrogens (tertiary/aromatic N) is 2. The summed E-state index contributed by atoms with van der Waals surface area (Å²) >= 11 is 6.09. The second-order valence-corrected chi connectivity index (χ2v) is 6.72. The fourth-order valence-corrected chi connectivity index (χ4v) is 3.77. The van der Waals surface area contributed by atoms with E-state index in [0.717, 1.165) is 49.3 Å². The van der Waals surface area contributed by atoms with Crippen LogP contribution in [0.2, 0.25) is 5.15 Å². The van der Waals surface area contributed by atoms with Crippen LogP contribution in [-0.4, -0.2) is 41.5 Å². The van der Waals surface area contributed by atoms with Gasteiger partial charge in [-0.2, -0.15) is 0 Å². The first-order chi connectivity index (χ1) is 11.5. The van der Waals surface area contributed by atoms with Crippen LogP contribution in [0.15, 0.2) is 17.7 Å². The molecule has 1 saturated heterocycles. The van der Waals surface area contributed by atoms with E-state index < -0.39 is 0 Å². The number of hydrogen-bond donors (Lipinski definition) is 0. The van der Waals surface area contributed by atoms with Gasteiger partial charge in [-0.1, -0.05) is 30.5 Å². The van der Waals surface area contributed by atoms with E-state index >= 15 is 0 Å². The van der Waals surface area contributed by atoms with Crippen LogP contribution in [-0.2, 0) is 16.0 Å². The smallest absolute Gasteiger partial charge is 0.177 e. The third-order valence-corrected chi connectivity index (χ3v) is 5.46. The van der Waals surface area contributed by atoms with Crippen molar-refractivity contribution in [2.45, 2.75) is 38.2 Å². The predicted molar refractivity (Wildman–Crippen MR) is 94.5 cm³/mol. The number of rotatable bonds is 3. The number of ketones is 1. The number of likely N-dealkylation sites (tertiary alicyclic amines) is 1. The Kier molecular flexibility index (Phi) is 4.67. The first-order valence-corrected chi connectivity index (χ1v) is 8.61. The van der Waals surface area contributed by atoms with Gasteiger partial charge in [0.15, 0.2) is 5.78 Å². The molecule has 24 heavy (non-hydrogen) atoms. The van der Waals surface area contributed by atoms with Crippen molar-refractivity contribution in [3.63, 3.8) is 0 Å². The molecule has 0 unspecified atom stereocenters. The number of carbonyl (C=O) groups excluding carboxylic acids is 1. The summed E-state index contributed by atoms with van der Waals surface area (Å²) in [6.07, 6.45) is 8.69. The molecule has 0 N–H and O–H groups in total. The van der Waals surface area contributed by atoms with E-state index in [4.69, 9.17) is 22.8 Å². The number of allylic oxidation sites excluding steroid dienone is 1. The highest BCUT2D eigenvalue weighted by Gasteiger charge is 2.37. The zero-order valence-electron chi connectivity index (χ0n) is 14.1. The van der Waals surface area contributed by atoms with Crippen LogP contribution in [0.1, 0.15) is 37.4 Å². The van der Waals surface area contributed by atoms with E-state index in [0.29, 0.717) is 10.7 Å². The molecule has 0 aromatic carbocycles. The number of fused-ring (bicyclic) bond motifs is 1. The number of piperidine rings is 1. The van der Waals surface area contributed by atoms with Crippen LogP contribution in [0, 0.1) is 12.3 Å². The van der Waals surface area contributed by atoms with E-state index in [-0.39, 0.29) is 17.8 Å². The number of Topliss-reactive ketones (excluding diaryl/α,β-unsaturated/α-hetero) is 1. The Bertz CT molecular complexity index is 734. The number of pyridine rings is 1. The topological polar surface area (TPSA) is 42.4 Å². The van der Waals surface area contributed by atoms with Crippen molar-refractivity contribution >= 4 is 23.1 Å². The van der Waals surface area contributed by atoms with Crippen molar-refractivity contribution in [2.24, 2.45) is 0 Å². The van der Waals surface area contributed by atoms with Gasteiger partial charge in [-0.15, -0.1) is 6.42 Å². The van der Waals surface area contributed by atoms with Gasteiger partial charge in [0, 0.05) is 26.6 Å². The van der Waals surface area contributed by atoms with Crippen LogP contribution in [0.5, 0.6) is 0 Å². The summed E-state index contributed by atoms with van der Waals surface area (Å²) in [5.74, 6) is 2.56. The van der Waals surface area contributed by atoms with Crippen molar-refractivity contribution in [3.8, 4) is 12.3 Å². The average molecular weight is 345 g/mol. The summed E-state index contributed by atoms with van der Waals surface area (Å²) < 4.78 is 5.74. The van der Waals surface area contributed by atoms with E-state index in [1.807, 2.05) is 6.07 Å². The molecule has 1 fully saturated rings. The van der Waals surface area contributed by atoms with Gasteiger partial charge in [0.1, 0.15) is 5.15 Å². The molecule has 3 rings (SSSR count). The largest absolute Gasteiger partial charge is 0.378 e. The second-order valence-electron chi connectivity index (χ2n) is 6.34. The lowest BCUT2D eigenvalue weighted by atomic mass is 9.86. The average Bonchev–Trinajstić information content (AvgIpc) is 2.61. The standard InChI is InChI=1S/C19H21ClN2O2/c1-4-14-15(23)12-13-6-7-16(20)21-17(13)18(14)22-10-8-19(5-2,24-3)9-11-22/h1,6-7H,5,8-12H2,2-3H3. The van der Waals surface area contributed by atoms with Crippen molar-refractivity contribution in [1.82, 2.24) is 9.88 Å². The molecule has 0 saturated carbocycles. The molecule has 0 spiro atoms. The predicted octanol–water partition coefficient (Wildman–Crippen LogP) is 3.10. The van der Waals surface area contributed by atoms with E-state index in [1.165, 1.54) is 0 Å². The Hall–Kier alpha value is -1.83. The first kappa shape index (κ1) is 17.0. The van der Waals surface area contributed by atoms with Crippen molar-refractivity contribution < 1.29 is 9.53 Å². The summed E-state index contributed by atoms with van der Waals surface area (Å²) in [7, 11) is 1.77. The molecular weight excluding hydrogens is 324 g/mol. The van der Waals surface area contributed by atoms with Gasteiger partial charge in [-0.3, -0.25) is 4.79 Å². The lowest BCUT2D eigenvalue weighted by molar-refractivity contribution is -0.114. The van der Waals surface area contributed by atoms with E-state index in [9.17, 15) is 4.79 Å². The third kappa shape index (κ3) is 2.83. The van der Waals surface area contributed by atoms with Crippen molar-refractivity contribution in [1.29, 1.82) is 0 Å². The van der Waals surface area contributed by atoms with Crippen LogP contribution >= 0.6 is 11.6 Å². The zero-order valence-corrected chi connectivity index (χ0v) is 14.8. The molecule has 0 radical (unpaired) electrons. The van der Waals surface area contributed by atoms with Gasteiger partial charge in [-0.25, -0.2) is 4.98 Å². The molecule has 1 aromatic rings. The lowest BCUT2D eigenvalue weighted by Crippen LogP contribution is -2.45. The third-order valence-electron chi connectivity index (χ3n) is 5.25. The highest BCUT2D eigenvalue weighted by Crippen LogP contribution is 2.37. The first-order valence-electron chi connectivity index (χ1n) is 8.23. The minimum Gasteiger partial charge on any atom is -0.378 e. The minimum absolute atomic E-state index is 0.0248. The zero-order chi connectivity index (χ0) is 17.3. The fraction of sp³-hybridized carbons (Fsp3) is 0.474. The van der Waals surface area contributed by atoms with Crippen LogP contribution in [0.3, 0.4) is 0 Å². The van der Waals surface area contributed by atoms with Gasteiger partial charge in [0.05, 0.1) is 22.6 Å². The Morgan fingerprint density at radius 2 is 2.12 bits per heavy atom. The molecule has 0 atom stereocenters. The van der Waals surface area contributed by atoms with Gasteiger partial charge in [0.2, 0.25) is 0 Å². The highest BCUT2D eigenvalue weighted by atomic mass is 35.5. The maximum absolute atomic E-state index is 12.5. The number of aromatic nitrogens is 1. The van der Waals surface area contributed by atoms with E-state index in [1.54, 1.807) is 13.2 Å². The summed E-state index contributed by atoms with van der Waals surface area (Å²) in [6, 6.07) is 3.58. The molecule has 2 aliphatic rings.